The predicted octanol–water partition coefficient (Wildman–Crippen LogP) is 9.14. The van der Waals surface area contributed by atoms with E-state index in [0.29, 0.717) is 0 Å². The second-order valence-electron chi connectivity index (χ2n) is 13.4. The second-order valence-corrected chi connectivity index (χ2v) is 13.4. The van der Waals surface area contributed by atoms with Gasteiger partial charge in [0.05, 0.1) is 14.2 Å². The van der Waals surface area contributed by atoms with Gasteiger partial charge < -0.3 is 25.4 Å². The van der Waals surface area contributed by atoms with Crippen LogP contribution < -0.4 is 25.4 Å². The fourth-order valence-electron chi connectivity index (χ4n) is 6.47. The Morgan fingerprint density at radius 1 is 0.429 bits per heavy atom. The van der Waals surface area contributed by atoms with Gasteiger partial charge in [0.15, 0.2) is 0 Å². The Bertz CT molecular complexity index is 1190. The van der Waals surface area contributed by atoms with Crippen LogP contribution in [0.15, 0.2) is 78.9 Å². The highest BCUT2D eigenvalue weighted by Crippen LogP contribution is 2.18. The molecule has 0 saturated carbocycles. The molecule has 0 bridgehead atoms. The van der Waals surface area contributed by atoms with Gasteiger partial charge in [0.2, 0.25) is 0 Å². The van der Waals surface area contributed by atoms with Gasteiger partial charge in [-0.3, -0.25) is 4.90 Å². The number of hydrogen-bond acceptors (Lipinski definition) is 6. The fourth-order valence-corrected chi connectivity index (χ4v) is 6.47. The van der Waals surface area contributed by atoms with Crippen LogP contribution in [0.3, 0.4) is 0 Å². The van der Waals surface area contributed by atoms with Crippen molar-refractivity contribution in [3.8, 4) is 11.5 Å². The number of rotatable bonds is 31. The van der Waals surface area contributed by atoms with Crippen molar-refractivity contribution in [2.24, 2.45) is 0 Å². The van der Waals surface area contributed by atoms with E-state index in [-0.39, 0.29) is 0 Å². The molecule has 0 heterocycles. The zero-order valence-corrected chi connectivity index (χ0v) is 31.0. The maximum absolute atomic E-state index is 5.47. The van der Waals surface area contributed by atoms with Crippen molar-refractivity contribution in [3.05, 3.63) is 95.6 Å². The van der Waals surface area contributed by atoms with Gasteiger partial charge in [0.1, 0.15) is 11.5 Å². The van der Waals surface area contributed by atoms with E-state index in [4.69, 9.17) is 9.47 Å². The van der Waals surface area contributed by atoms with E-state index in [1.807, 2.05) is 24.3 Å². The number of methoxy groups -OCH3 is 2. The molecule has 0 aliphatic carbocycles. The first-order valence-electron chi connectivity index (χ1n) is 19.4. The van der Waals surface area contributed by atoms with Gasteiger partial charge in [0.25, 0.3) is 0 Å². The predicted molar refractivity (Wildman–Crippen MR) is 209 cm³/mol. The van der Waals surface area contributed by atoms with E-state index >= 15 is 0 Å². The van der Waals surface area contributed by atoms with E-state index < -0.39 is 0 Å². The first kappa shape index (κ1) is 40.5. The van der Waals surface area contributed by atoms with Gasteiger partial charge in [0, 0.05) is 30.8 Å². The third kappa shape index (κ3) is 19.2. The van der Waals surface area contributed by atoms with Crippen LogP contribution in [0.4, 0.5) is 0 Å². The van der Waals surface area contributed by atoms with Gasteiger partial charge in [-0.1, -0.05) is 118 Å². The van der Waals surface area contributed by atoms with Crippen LogP contribution in [0.1, 0.15) is 107 Å². The molecule has 0 spiro atoms. The molecule has 0 saturated heterocycles. The highest BCUT2D eigenvalue weighted by Gasteiger charge is 2.07. The number of ether oxygens (including phenoxy) is 2. The van der Waals surface area contributed by atoms with Crippen molar-refractivity contribution in [1.82, 2.24) is 20.9 Å². The van der Waals surface area contributed by atoms with Crippen molar-refractivity contribution < 1.29 is 9.47 Å². The Hall–Kier alpha value is -2.90. The Labute approximate surface area is 299 Å². The second kappa shape index (κ2) is 27.9. The molecule has 0 fully saturated rings. The number of benzene rings is 3. The van der Waals surface area contributed by atoms with Crippen LogP contribution in [0.5, 0.6) is 11.5 Å². The Morgan fingerprint density at radius 2 is 0.816 bits per heavy atom. The fraction of sp³-hybridized carbons (Fsp3) is 0.581. The Morgan fingerprint density at radius 3 is 1.29 bits per heavy atom. The van der Waals surface area contributed by atoms with Crippen LogP contribution in [0, 0.1) is 0 Å². The molecule has 272 valence electrons. The summed E-state index contributed by atoms with van der Waals surface area (Å²) in [7, 11) is 3.49. The first-order valence-corrected chi connectivity index (χ1v) is 19.4. The lowest BCUT2D eigenvalue weighted by Gasteiger charge is -2.22. The molecule has 6 heteroatoms. The lowest BCUT2D eigenvalue weighted by Crippen LogP contribution is -2.25. The lowest BCUT2D eigenvalue weighted by molar-refractivity contribution is 0.252. The van der Waals surface area contributed by atoms with Crippen molar-refractivity contribution in [2.75, 3.05) is 53.5 Å². The van der Waals surface area contributed by atoms with E-state index in [1.165, 1.54) is 126 Å². The summed E-state index contributed by atoms with van der Waals surface area (Å²) in [6.45, 7) is 9.71. The summed E-state index contributed by atoms with van der Waals surface area (Å²) >= 11 is 0. The van der Waals surface area contributed by atoms with Crippen LogP contribution >= 0.6 is 0 Å². The molecule has 0 aliphatic rings. The molecule has 0 unspecified atom stereocenters. The molecule has 0 atom stereocenters. The van der Waals surface area contributed by atoms with E-state index in [2.05, 4.69) is 75.4 Å². The average molecular weight is 673 g/mol. The van der Waals surface area contributed by atoms with Crippen LogP contribution in [-0.4, -0.2) is 58.4 Å². The summed E-state index contributed by atoms with van der Waals surface area (Å²) in [6.07, 6.45) is 18.3. The molecule has 3 aromatic carbocycles. The standard InChI is InChI=1S/C43H68N4O2/c1-48-42-28-16-14-26-40(42)36-45-32-20-7-6-19-31-44-30-18-5-3-4-9-22-34-47(38-39-24-12-11-13-25-39)35-23-10-8-21-33-46-37-41-27-15-17-29-43(41)49-2/h11-17,24-29,44-46H,3-10,18-23,30-38H2,1-2H3. The molecule has 6 nitrogen and oxygen atoms in total. The summed E-state index contributed by atoms with van der Waals surface area (Å²) in [5.74, 6) is 1.95. The SMILES string of the molecule is COc1ccccc1CNCCCCCCNCCCCCCCCN(CCCCCCNCc1ccccc1OC)Cc1ccccc1. The largest absolute Gasteiger partial charge is 0.496 e. The Balaban J connectivity index is 1.12. The van der Waals surface area contributed by atoms with Crippen molar-refractivity contribution >= 4 is 0 Å². The molecule has 49 heavy (non-hydrogen) atoms. The first-order chi connectivity index (χ1) is 24.3. The highest BCUT2D eigenvalue weighted by molar-refractivity contribution is 5.33. The number of unbranched alkanes of at least 4 members (excludes halogenated alkanes) is 11. The molecule has 0 radical (unpaired) electrons. The van der Waals surface area contributed by atoms with Crippen LogP contribution in [0.2, 0.25) is 0 Å². The van der Waals surface area contributed by atoms with E-state index in [9.17, 15) is 0 Å². The normalized spacial score (nSPS) is 11.3. The summed E-state index contributed by atoms with van der Waals surface area (Å²) in [5.41, 5.74) is 3.91. The zero-order valence-electron chi connectivity index (χ0n) is 31.0. The maximum atomic E-state index is 5.47. The molecular weight excluding hydrogens is 604 g/mol. The molecule has 0 amide bonds. The monoisotopic (exact) mass is 673 g/mol. The smallest absolute Gasteiger partial charge is 0.123 e. The van der Waals surface area contributed by atoms with Crippen molar-refractivity contribution in [3.63, 3.8) is 0 Å². The number of nitrogens with one attached hydrogen (secondary N) is 3. The van der Waals surface area contributed by atoms with Crippen molar-refractivity contribution in [1.29, 1.82) is 0 Å². The zero-order chi connectivity index (χ0) is 34.5. The molecule has 3 aromatic rings. The van der Waals surface area contributed by atoms with Gasteiger partial charge in [-0.05, 0) is 95.5 Å². The van der Waals surface area contributed by atoms with E-state index in [1.54, 1.807) is 14.2 Å². The topological polar surface area (TPSA) is 57.8 Å². The summed E-state index contributed by atoms with van der Waals surface area (Å²) in [6, 6.07) is 27.6. The molecule has 3 N–H and O–H groups in total. The summed E-state index contributed by atoms with van der Waals surface area (Å²) < 4.78 is 10.9. The third-order valence-corrected chi connectivity index (χ3v) is 9.38. The molecule has 3 rings (SSSR count). The van der Waals surface area contributed by atoms with Gasteiger partial charge >= 0.3 is 0 Å². The minimum Gasteiger partial charge on any atom is -0.496 e. The molecule has 0 aromatic heterocycles. The minimum absolute atomic E-state index is 0.873. The number of para-hydroxylation sites is 2. The van der Waals surface area contributed by atoms with E-state index in [0.717, 1.165) is 50.8 Å². The van der Waals surface area contributed by atoms with Crippen LogP contribution in [-0.2, 0) is 19.6 Å². The number of hydrogen-bond donors (Lipinski definition) is 3. The molecule has 0 aliphatic heterocycles. The quantitative estimate of drug-likeness (QED) is 0.0593. The lowest BCUT2D eigenvalue weighted by atomic mass is 10.1. The van der Waals surface area contributed by atoms with Crippen LogP contribution in [0.25, 0.3) is 0 Å². The summed E-state index contributed by atoms with van der Waals surface area (Å²) in [4.78, 5) is 2.69. The maximum Gasteiger partial charge on any atom is 0.123 e. The summed E-state index contributed by atoms with van der Waals surface area (Å²) in [5, 5.41) is 10.8. The minimum atomic E-state index is 0.873. The van der Waals surface area contributed by atoms with Crippen molar-refractivity contribution in [2.45, 2.75) is 110 Å². The average Bonchev–Trinajstić information content (AvgIpc) is 3.14. The van der Waals surface area contributed by atoms with Gasteiger partial charge in [-0.25, -0.2) is 0 Å². The van der Waals surface area contributed by atoms with Gasteiger partial charge in [-0.15, -0.1) is 0 Å². The van der Waals surface area contributed by atoms with Gasteiger partial charge in [-0.2, -0.15) is 0 Å². The molecular formula is C43H68N4O2. The number of nitrogens with zero attached hydrogens (tertiary/aromatic N) is 1. The highest BCUT2D eigenvalue weighted by atomic mass is 16.5. The Kier molecular flexibility index (Phi) is 23.1. The third-order valence-electron chi connectivity index (χ3n) is 9.38.